The van der Waals surface area contributed by atoms with Crippen molar-refractivity contribution in [3.8, 4) is 0 Å². The Morgan fingerprint density at radius 3 is 1.30 bits per heavy atom. The second kappa shape index (κ2) is 17.4. The fourth-order valence-corrected chi connectivity index (χ4v) is 1.12. The van der Waals surface area contributed by atoms with Crippen LogP contribution in [-0.2, 0) is 14.3 Å². The molecule has 126 valence electrons. The number of aliphatic carboxylic acids is 1. The molecule has 0 saturated carbocycles. The molecule has 2 rings (SSSR count). The number of esters is 1. The molecule has 0 aliphatic rings. The smallest absolute Gasteiger partial charge is 0.302 e. The Kier molecular flexibility index (Phi) is 17.2. The maximum atomic E-state index is 9.82. The normalized spacial score (nSPS) is 7.83. The highest BCUT2D eigenvalue weighted by molar-refractivity contribution is 5.65. The largest absolute Gasteiger partial charge is 0.481 e. The molecule has 0 radical (unpaired) electrons. The van der Waals surface area contributed by atoms with E-state index in [9.17, 15) is 4.79 Å². The number of carboxylic acid groups (broad SMARTS) is 1. The second-order valence-corrected chi connectivity index (χ2v) is 4.25. The summed E-state index contributed by atoms with van der Waals surface area (Å²) in [7, 11) is 0. The van der Waals surface area contributed by atoms with Crippen LogP contribution >= 0.6 is 0 Å². The van der Waals surface area contributed by atoms with E-state index in [1.807, 2.05) is 54.6 Å². The van der Waals surface area contributed by atoms with Crippen LogP contribution in [0, 0.1) is 6.92 Å². The minimum absolute atomic E-state index is 0.211. The molecule has 0 saturated heterocycles. The highest BCUT2D eigenvalue weighted by Gasteiger charge is 1.81. The quantitative estimate of drug-likeness (QED) is 0.794. The number of rotatable bonds is 1. The average Bonchev–Trinajstić information content (AvgIpc) is 2.50. The van der Waals surface area contributed by atoms with Crippen molar-refractivity contribution in [1.29, 1.82) is 0 Å². The summed E-state index contributed by atoms with van der Waals surface area (Å²) in [6.45, 7) is 6.82. The summed E-state index contributed by atoms with van der Waals surface area (Å²) in [5, 5.41) is 7.42. The lowest BCUT2D eigenvalue weighted by atomic mass is 10.2. The third-order valence-electron chi connectivity index (χ3n) is 1.95. The number of carbonyl (C=O) groups excluding carboxylic acids is 1. The zero-order valence-electron chi connectivity index (χ0n) is 14.2. The third kappa shape index (κ3) is 28.3. The SMILES string of the molecule is CC(=O)O.CCOC(C)=O.Cc1ccccc1.c1ccccc1. The van der Waals surface area contributed by atoms with Gasteiger partial charge in [0.15, 0.2) is 0 Å². The zero-order valence-corrected chi connectivity index (χ0v) is 14.2. The molecule has 0 aliphatic heterocycles. The predicted molar refractivity (Wildman–Crippen MR) is 93.2 cm³/mol. The molecule has 2 aromatic rings. The van der Waals surface area contributed by atoms with Gasteiger partial charge < -0.3 is 9.84 Å². The summed E-state index contributed by atoms with van der Waals surface area (Å²) < 4.78 is 4.40. The van der Waals surface area contributed by atoms with Crippen LogP contribution in [0.4, 0.5) is 0 Å². The van der Waals surface area contributed by atoms with Gasteiger partial charge >= 0.3 is 5.97 Å². The lowest BCUT2D eigenvalue weighted by Gasteiger charge is -1.89. The van der Waals surface area contributed by atoms with Gasteiger partial charge in [0.05, 0.1) is 6.61 Å². The van der Waals surface area contributed by atoms with E-state index in [0.29, 0.717) is 6.61 Å². The maximum absolute atomic E-state index is 9.82. The van der Waals surface area contributed by atoms with Crippen LogP contribution in [0.25, 0.3) is 0 Å². The summed E-state index contributed by atoms with van der Waals surface area (Å²) in [5.41, 5.74) is 1.32. The topological polar surface area (TPSA) is 63.6 Å². The Hall–Kier alpha value is -2.62. The summed E-state index contributed by atoms with van der Waals surface area (Å²) in [6.07, 6.45) is 0. The summed E-state index contributed by atoms with van der Waals surface area (Å²) in [4.78, 5) is 18.8. The molecule has 0 atom stereocenters. The van der Waals surface area contributed by atoms with Gasteiger partial charge in [0, 0.05) is 13.8 Å². The van der Waals surface area contributed by atoms with E-state index >= 15 is 0 Å². The molecular formula is C19H26O4. The van der Waals surface area contributed by atoms with Gasteiger partial charge in [-0.05, 0) is 13.8 Å². The monoisotopic (exact) mass is 318 g/mol. The Bertz CT molecular complexity index is 465. The van der Waals surface area contributed by atoms with Crippen molar-refractivity contribution in [2.24, 2.45) is 0 Å². The van der Waals surface area contributed by atoms with E-state index < -0.39 is 5.97 Å². The first-order valence-corrected chi connectivity index (χ1v) is 7.24. The molecule has 0 unspecified atom stereocenters. The zero-order chi connectivity index (χ0) is 17.9. The van der Waals surface area contributed by atoms with Crippen LogP contribution < -0.4 is 0 Å². The van der Waals surface area contributed by atoms with Crippen molar-refractivity contribution in [2.45, 2.75) is 27.7 Å². The van der Waals surface area contributed by atoms with Gasteiger partial charge in [0.1, 0.15) is 0 Å². The lowest BCUT2D eigenvalue weighted by Crippen LogP contribution is -1.95. The molecule has 1 N–H and O–H groups in total. The minimum atomic E-state index is -0.833. The van der Waals surface area contributed by atoms with Gasteiger partial charge in [-0.3, -0.25) is 9.59 Å². The van der Waals surface area contributed by atoms with Crippen LogP contribution in [0.3, 0.4) is 0 Å². The Morgan fingerprint density at radius 1 is 0.870 bits per heavy atom. The molecule has 0 spiro atoms. The van der Waals surface area contributed by atoms with Crippen molar-refractivity contribution in [2.75, 3.05) is 6.61 Å². The van der Waals surface area contributed by atoms with Crippen molar-refractivity contribution in [3.63, 3.8) is 0 Å². The Morgan fingerprint density at radius 2 is 1.17 bits per heavy atom. The molecule has 0 bridgehead atoms. The number of hydrogen-bond acceptors (Lipinski definition) is 3. The van der Waals surface area contributed by atoms with Gasteiger partial charge in [0.2, 0.25) is 0 Å². The first kappa shape index (κ1) is 22.7. The second-order valence-electron chi connectivity index (χ2n) is 4.25. The van der Waals surface area contributed by atoms with Crippen LogP contribution in [0.15, 0.2) is 66.7 Å². The fourth-order valence-electron chi connectivity index (χ4n) is 1.12. The molecular weight excluding hydrogens is 292 g/mol. The number of benzene rings is 2. The highest BCUT2D eigenvalue weighted by atomic mass is 16.5. The summed E-state index contributed by atoms with van der Waals surface area (Å²) in [6, 6.07) is 22.3. The predicted octanol–water partition coefficient (Wildman–Crippen LogP) is 4.34. The standard InChI is InChI=1S/C7H8.C6H6.C4H8O2.C2H4O2/c1-7-5-3-2-4-6-7;1-2-4-6-5-3-1;1-3-6-4(2)5;1-2(3)4/h2-6H,1H3;1-6H;3H2,1-2H3;1H3,(H,3,4). The Balaban J connectivity index is 0. The molecule has 4 heteroatoms. The van der Waals surface area contributed by atoms with Gasteiger partial charge in [-0.2, -0.15) is 0 Å². The van der Waals surface area contributed by atoms with E-state index in [-0.39, 0.29) is 5.97 Å². The van der Waals surface area contributed by atoms with Gasteiger partial charge in [0.25, 0.3) is 5.97 Å². The van der Waals surface area contributed by atoms with E-state index in [2.05, 4.69) is 23.8 Å². The molecule has 0 aromatic heterocycles. The van der Waals surface area contributed by atoms with Crippen molar-refractivity contribution >= 4 is 11.9 Å². The van der Waals surface area contributed by atoms with E-state index in [1.54, 1.807) is 6.92 Å². The number of hydrogen-bond donors (Lipinski definition) is 1. The van der Waals surface area contributed by atoms with E-state index in [0.717, 1.165) is 6.92 Å². The highest BCUT2D eigenvalue weighted by Crippen LogP contribution is 1.92. The molecule has 0 fully saturated rings. The number of aryl methyl sites for hydroxylation is 1. The van der Waals surface area contributed by atoms with E-state index in [4.69, 9.17) is 9.90 Å². The number of carbonyl (C=O) groups is 2. The molecule has 0 aliphatic carbocycles. The van der Waals surface area contributed by atoms with Gasteiger partial charge in [-0.1, -0.05) is 72.3 Å². The molecule has 2 aromatic carbocycles. The van der Waals surface area contributed by atoms with Gasteiger partial charge in [-0.25, -0.2) is 0 Å². The molecule has 23 heavy (non-hydrogen) atoms. The fraction of sp³-hybridized carbons (Fsp3) is 0.263. The minimum Gasteiger partial charge on any atom is -0.481 e. The Labute approximate surface area is 138 Å². The first-order chi connectivity index (χ1) is 10.9. The van der Waals surface area contributed by atoms with Crippen molar-refractivity contribution < 1.29 is 19.4 Å². The third-order valence-corrected chi connectivity index (χ3v) is 1.95. The number of carboxylic acids is 1. The van der Waals surface area contributed by atoms with Crippen molar-refractivity contribution in [3.05, 3.63) is 72.3 Å². The van der Waals surface area contributed by atoms with Crippen LogP contribution in [0.1, 0.15) is 26.3 Å². The molecule has 4 nitrogen and oxygen atoms in total. The molecule has 0 amide bonds. The van der Waals surface area contributed by atoms with E-state index in [1.165, 1.54) is 12.5 Å². The first-order valence-electron chi connectivity index (χ1n) is 7.24. The van der Waals surface area contributed by atoms with Crippen LogP contribution in [0.5, 0.6) is 0 Å². The van der Waals surface area contributed by atoms with Gasteiger partial charge in [-0.15, -0.1) is 0 Å². The lowest BCUT2D eigenvalue weighted by molar-refractivity contribution is -0.140. The summed E-state index contributed by atoms with van der Waals surface area (Å²) in [5.74, 6) is -1.04. The molecule has 0 heterocycles. The maximum Gasteiger partial charge on any atom is 0.302 e. The average molecular weight is 318 g/mol. The van der Waals surface area contributed by atoms with Crippen LogP contribution in [-0.4, -0.2) is 23.7 Å². The number of ether oxygens (including phenoxy) is 1. The van der Waals surface area contributed by atoms with Crippen molar-refractivity contribution in [1.82, 2.24) is 0 Å². The van der Waals surface area contributed by atoms with Crippen LogP contribution in [0.2, 0.25) is 0 Å². The summed E-state index contributed by atoms with van der Waals surface area (Å²) >= 11 is 0.